The van der Waals surface area contributed by atoms with E-state index in [4.69, 9.17) is 4.74 Å². The van der Waals surface area contributed by atoms with Crippen molar-refractivity contribution in [1.82, 2.24) is 14.5 Å². The lowest BCUT2D eigenvalue weighted by Gasteiger charge is -2.26. The highest BCUT2D eigenvalue weighted by atomic mass is 32.2. The topological polar surface area (TPSA) is 81.5 Å². The number of methoxy groups -OCH3 is 1. The quantitative estimate of drug-likeness (QED) is 0.475. The summed E-state index contributed by atoms with van der Waals surface area (Å²) in [6.45, 7) is 1.83. The molecule has 1 aromatic heterocycles. The summed E-state index contributed by atoms with van der Waals surface area (Å²) in [5.41, 5.74) is 2.79. The third-order valence-electron chi connectivity index (χ3n) is 5.84. The van der Waals surface area contributed by atoms with Crippen LogP contribution in [-0.4, -0.2) is 65.7 Å². The Kier molecular flexibility index (Phi) is 6.81. The Labute approximate surface area is 198 Å². The molecule has 2 heterocycles. The fourth-order valence-corrected chi connectivity index (χ4v) is 6.77. The zero-order valence-corrected chi connectivity index (χ0v) is 20.5. The van der Waals surface area contributed by atoms with E-state index in [9.17, 15) is 13.2 Å². The number of carbonyl (C=O) groups is 1. The van der Waals surface area contributed by atoms with Crippen LogP contribution in [0.15, 0.2) is 66.0 Å². The molecule has 0 unspecified atom stereocenters. The van der Waals surface area contributed by atoms with Gasteiger partial charge < -0.3 is 9.64 Å². The number of amides is 1. The lowest BCUT2D eigenvalue weighted by atomic mass is 10.1. The molecule has 2 aromatic carbocycles. The molecule has 2 atom stereocenters. The molecular formula is C24H27N3O4S2. The molecule has 0 spiro atoms. The van der Waals surface area contributed by atoms with Crippen LogP contribution in [0.5, 0.6) is 5.75 Å². The van der Waals surface area contributed by atoms with Gasteiger partial charge in [-0.2, -0.15) is 0 Å². The van der Waals surface area contributed by atoms with Crippen LogP contribution in [0.25, 0.3) is 16.9 Å². The highest BCUT2D eigenvalue weighted by Crippen LogP contribution is 2.33. The number of nitrogens with zero attached hydrogens (tertiary/aromatic N) is 3. The first-order valence-electron chi connectivity index (χ1n) is 10.7. The molecule has 1 saturated heterocycles. The summed E-state index contributed by atoms with van der Waals surface area (Å²) >= 11 is 1.36. The maximum atomic E-state index is 13.1. The van der Waals surface area contributed by atoms with Gasteiger partial charge in [0.1, 0.15) is 5.75 Å². The predicted octanol–water partition coefficient (Wildman–Crippen LogP) is 3.67. The Morgan fingerprint density at radius 3 is 2.64 bits per heavy atom. The number of sulfone groups is 1. The van der Waals surface area contributed by atoms with Crippen molar-refractivity contribution < 1.29 is 17.9 Å². The summed E-state index contributed by atoms with van der Waals surface area (Å²) in [4.78, 5) is 19.4. The van der Waals surface area contributed by atoms with Gasteiger partial charge in [-0.15, -0.1) is 0 Å². The maximum absolute atomic E-state index is 13.1. The van der Waals surface area contributed by atoms with Gasteiger partial charge in [-0.3, -0.25) is 9.36 Å². The van der Waals surface area contributed by atoms with Gasteiger partial charge in [-0.05, 0) is 25.5 Å². The van der Waals surface area contributed by atoms with Crippen molar-refractivity contribution in [2.45, 2.75) is 29.8 Å². The molecular weight excluding hydrogens is 458 g/mol. The molecule has 1 aliphatic rings. The molecule has 1 aliphatic heterocycles. The van der Waals surface area contributed by atoms with E-state index in [2.05, 4.69) is 4.98 Å². The molecule has 9 heteroatoms. The smallest absolute Gasteiger partial charge is 0.235 e. The van der Waals surface area contributed by atoms with Crippen LogP contribution >= 0.6 is 11.8 Å². The fourth-order valence-electron chi connectivity index (χ4n) is 3.99. The van der Waals surface area contributed by atoms with E-state index in [1.54, 1.807) is 19.1 Å². The highest BCUT2D eigenvalue weighted by Gasteiger charge is 2.34. The summed E-state index contributed by atoms with van der Waals surface area (Å²) in [7, 11) is 0.251. The average Bonchev–Trinajstić information content (AvgIpc) is 3.41. The van der Waals surface area contributed by atoms with Crippen LogP contribution in [0.3, 0.4) is 0 Å². The summed E-state index contributed by atoms with van der Waals surface area (Å²) in [5.74, 6) is 0.784. The SMILES string of the molecule is COc1cccc(-n2c(-c3ccccc3)cnc2S[C@H](C)C(=O)N(C)[C@H]2CCS(=O)(=O)C2)c1. The number of thioether (sulfide) groups is 1. The number of imidazole rings is 1. The van der Waals surface area contributed by atoms with E-state index in [-0.39, 0.29) is 23.5 Å². The molecule has 0 N–H and O–H groups in total. The molecule has 3 aromatic rings. The maximum Gasteiger partial charge on any atom is 0.235 e. The van der Waals surface area contributed by atoms with Crippen LogP contribution in [-0.2, 0) is 14.6 Å². The van der Waals surface area contributed by atoms with Crippen LogP contribution in [0.4, 0.5) is 0 Å². The number of carbonyl (C=O) groups excluding carboxylic acids is 1. The number of aromatic nitrogens is 2. The van der Waals surface area contributed by atoms with Gasteiger partial charge in [0, 0.05) is 24.7 Å². The van der Waals surface area contributed by atoms with E-state index < -0.39 is 15.1 Å². The van der Waals surface area contributed by atoms with Crippen molar-refractivity contribution in [1.29, 1.82) is 0 Å². The largest absolute Gasteiger partial charge is 0.497 e. The lowest BCUT2D eigenvalue weighted by Crippen LogP contribution is -2.41. The first-order valence-corrected chi connectivity index (χ1v) is 13.4. The van der Waals surface area contributed by atoms with Crippen molar-refractivity contribution in [2.75, 3.05) is 25.7 Å². The van der Waals surface area contributed by atoms with Crippen molar-refractivity contribution in [3.8, 4) is 22.7 Å². The second-order valence-electron chi connectivity index (χ2n) is 8.10. The third kappa shape index (κ3) is 5.09. The van der Waals surface area contributed by atoms with Gasteiger partial charge in [0.15, 0.2) is 15.0 Å². The normalized spacial score (nSPS) is 18.1. The number of ether oxygens (including phenoxy) is 1. The van der Waals surface area contributed by atoms with E-state index in [1.807, 2.05) is 72.3 Å². The van der Waals surface area contributed by atoms with Crippen LogP contribution in [0.1, 0.15) is 13.3 Å². The third-order valence-corrected chi connectivity index (χ3v) is 8.65. The van der Waals surface area contributed by atoms with Gasteiger partial charge in [-0.1, -0.05) is 48.2 Å². The first-order chi connectivity index (χ1) is 15.8. The van der Waals surface area contributed by atoms with Gasteiger partial charge in [0.25, 0.3) is 0 Å². The zero-order chi connectivity index (χ0) is 23.6. The predicted molar refractivity (Wildman–Crippen MR) is 131 cm³/mol. The second-order valence-corrected chi connectivity index (χ2v) is 11.6. The van der Waals surface area contributed by atoms with Gasteiger partial charge in [0.2, 0.25) is 5.91 Å². The van der Waals surface area contributed by atoms with Crippen molar-refractivity contribution in [3.05, 3.63) is 60.8 Å². The Balaban J connectivity index is 1.65. The van der Waals surface area contributed by atoms with Crippen molar-refractivity contribution >= 4 is 27.5 Å². The van der Waals surface area contributed by atoms with Crippen molar-refractivity contribution in [2.24, 2.45) is 0 Å². The number of rotatable bonds is 7. The molecule has 1 fully saturated rings. The summed E-state index contributed by atoms with van der Waals surface area (Å²) < 4.78 is 31.1. The Morgan fingerprint density at radius 2 is 1.97 bits per heavy atom. The molecule has 0 aliphatic carbocycles. The van der Waals surface area contributed by atoms with E-state index in [0.29, 0.717) is 11.6 Å². The Morgan fingerprint density at radius 1 is 1.21 bits per heavy atom. The number of hydrogen-bond acceptors (Lipinski definition) is 6. The monoisotopic (exact) mass is 485 g/mol. The minimum Gasteiger partial charge on any atom is -0.497 e. The average molecular weight is 486 g/mol. The first kappa shape index (κ1) is 23.4. The standard InChI is InChI=1S/C24H27N3O4S2/c1-17(23(28)26(2)20-12-13-33(29,30)16-20)32-24-25-15-22(18-8-5-4-6-9-18)27(24)19-10-7-11-21(14-19)31-3/h4-11,14-15,17,20H,12-13,16H2,1-3H3/t17-,20+/m1/s1. The molecule has 0 bridgehead atoms. The molecule has 4 rings (SSSR count). The van der Waals surface area contributed by atoms with E-state index >= 15 is 0 Å². The Hall–Kier alpha value is -2.78. The molecule has 0 radical (unpaired) electrons. The highest BCUT2D eigenvalue weighted by molar-refractivity contribution is 8.00. The number of benzene rings is 2. The second kappa shape index (κ2) is 9.61. The van der Waals surface area contributed by atoms with Crippen LogP contribution < -0.4 is 4.74 Å². The summed E-state index contributed by atoms with van der Waals surface area (Å²) in [6.07, 6.45) is 2.29. The van der Waals surface area contributed by atoms with Crippen molar-refractivity contribution in [3.63, 3.8) is 0 Å². The van der Waals surface area contributed by atoms with Crippen LogP contribution in [0.2, 0.25) is 0 Å². The van der Waals surface area contributed by atoms with E-state index in [0.717, 1.165) is 22.7 Å². The molecule has 33 heavy (non-hydrogen) atoms. The Bertz CT molecular complexity index is 1240. The molecule has 7 nitrogen and oxygen atoms in total. The van der Waals surface area contributed by atoms with E-state index in [1.165, 1.54) is 11.8 Å². The van der Waals surface area contributed by atoms with Gasteiger partial charge in [-0.25, -0.2) is 13.4 Å². The summed E-state index contributed by atoms with van der Waals surface area (Å²) in [6, 6.07) is 17.4. The zero-order valence-electron chi connectivity index (χ0n) is 18.8. The molecule has 0 saturated carbocycles. The van der Waals surface area contributed by atoms with Crippen LogP contribution in [0, 0.1) is 0 Å². The minimum atomic E-state index is -3.06. The van der Waals surface area contributed by atoms with Gasteiger partial charge >= 0.3 is 0 Å². The fraction of sp³-hybridized carbons (Fsp3) is 0.333. The minimum absolute atomic E-state index is 0.0310. The lowest BCUT2D eigenvalue weighted by molar-refractivity contribution is -0.130. The summed E-state index contributed by atoms with van der Waals surface area (Å²) in [5, 5.41) is 0.240. The van der Waals surface area contributed by atoms with Gasteiger partial charge in [0.05, 0.1) is 41.4 Å². The molecule has 174 valence electrons. The number of hydrogen-bond donors (Lipinski definition) is 0. The molecule has 1 amide bonds.